The van der Waals surface area contributed by atoms with Crippen molar-refractivity contribution < 1.29 is 4.79 Å². The summed E-state index contributed by atoms with van der Waals surface area (Å²) in [5.74, 6) is 0.670. The second kappa shape index (κ2) is 6.38. The molecule has 0 radical (unpaired) electrons. The Morgan fingerprint density at radius 2 is 2.41 bits per heavy atom. The van der Waals surface area contributed by atoms with Crippen LogP contribution in [0.1, 0.15) is 28.1 Å². The molecule has 96 valence electrons. The molecule has 3 nitrogen and oxygen atoms in total. The van der Waals surface area contributed by atoms with E-state index in [2.05, 4.69) is 0 Å². The van der Waals surface area contributed by atoms with Crippen molar-refractivity contribution in [3.05, 3.63) is 21.9 Å². The molecule has 2 heterocycles. The van der Waals surface area contributed by atoms with Crippen molar-refractivity contribution in [1.82, 2.24) is 4.90 Å². The molecule has 1 atom stereocenters. The summed E-state index contributed by atoms with van der Waals surface area (Å²) >= 11 is 1.54. The molecule has 1 amide bonds. The topological polar surface area (TPSA) is 46.3 Å². The van der Waals surface area contributed by atoms with Crippen molar-refractivity contribution in [1.29, 1.82) is 0 Å². The summed E-state index contributed by atoms with van der Waals surface area (Å²) < 4.78 is 0. The Kier molecular flexibility index (Phi) is 5.43. The van der Waals surface area contributed by atoms with E-state index in [1.165, 1.54) is 11.3 Å². The lowest BCUT2D eigenvalue weighted by atomic mass is 9.98. The largest absolute Gasteiger partial charge is 0.338 e. The van der Waals surface area contributed by atoms with Crippen LogP contribution < -0.4 is 5.73 Å². The van der Waals surface area contributed by atoms with E-state index in [-0.39, 0.29) is 18.3 Å². The molecule has 1 unspecified atom stereocenters. The first-order valence-electron chi connectivity index (χ1n) is 5.76. The quantitative estimate of drug-likeness (QED) is 0.899. The minimum Gasteiger partial charge on any atom is -0.338 e. The third-order valence-electron chi connectivity index (χ3n) is 3.20. The van der Waals surface area contributed by atoms with Crippen LogP contribution in [0.4, 0.5) is 0 Å². The van der Waals surface area contributed by atoms with E-state index in [1.54, 1.807) is 0 Å². The van der Waals surface area contributed by atoms with Crippen LogP contribution in [0.15, 0.2) is 11.4 Å². The van der Waals surface area contributed by atoms with Gasteiger partial charge in [0.2, 0.25) is 0 Å². The van der Waals surface area contributed by atoms with Crippen LogP contribution in [-0.4, -0.2) is 30.4 Å². The second-order valence-corrected chi connectivity index (χ2v) is 5.34. The van der Waals surface area contributed by atoms with E-state index >= 15 is 0 Å². The molecule has 0 spiro atoms. The van der Waals surface area contributed by atoms with Crippen molar-refractivity contribution in [2.45, 2.75) is 19.8 Å². The highest BCUT2D eigenvalue weighted by Crippen LogP contribution is 2.22. The van der Waals surface area contributed by atoms with Gasteiger partial charge in [-0.2, -0.15) is 0 Å². The Bertz CT molecular complexity index is 380. The summed E-state index contributed by atoms with van der Waals surface area (Å²) in [6, 6.07) is 2.00. The zero-order valence-corrected chi connectivity index (χ0v) is 11.6. The number of hydrogen-bond donors (Lipinski definition) is 1. The van der Waals surface area contributed by atoms with Crippen LogP contribution in [0.5, 0.6) is 0 Å². The Morgan fingerprint density at radius 3 is 3.00 bits per heavy atom. The minimum absolute atomic E-state index is 0. The van der Waals surface area contributed by atoms with Crippen molar-refractivity contribution in [2.75, 3.05) is 19.6 Å². The third kappa shape index (κ3) is 3.21. The fraction of sp³-hybridized carbons (Fsp3) is 0.583. The van der Waals surface area contributed by atoms with Crippen LogP contribution in [-0.2, 0) is 0 Å². The second-order valence-electron chi connectivity index (χ2n) is 4.43. The van der Waals surface area contributed by atoms with Crippen molar-refractivity contribution in [3.8, 4) is 0 Å². The fourth-order valence-corrected chi connectivity index (χ4v) is 3.07. The van der Waals surface area contributed by atoms with Crippen molar-refractivity contribution >= 4 is 29.7 Å². The van der Waals surface area contributed by atoms with Gasteiger partial charge in [-0.3, -0.25) is 4.79 Å². The number of likely N-dealkylation sites (tertiary alicyclic amines) is 1. The maximum atomic E-state index is 12.2. The molecular weight excluding hydrogens is 256 g/mol. The summed E-state index contributed by atoms with van der Waals surface area (Å²) in [5.41, 5.74) is 6.77. The number of carbonyl (C=O) groups excluding carboxylic acids is 1. The number of piperidine rings is 1. The number of thiophene rings is 1. The van der Waals surface area contributed by atoms with Crippen LogP contribution in [0.3, 0.4) is 0 Å². The number of halogens is 1. The summed E-state index contributed by atoms with van der Waals surface area (Å²) in [6.45, 7) is 4.39. The predicted octanol–water partition coefficient (Wildman–Crippen LogP) is 2.29. The number of carbonyl (C=O) groups is 1. The fourth-order valence-electron chi connectivity index (χ4n) is 2.18. The molecule has 0 aliphatic carbocycles. The summed E-state index contributed by atoms with van der Waals surface area (Å²) in [6.07, 6.45) is 2.24. The molecular formula is C12H19ClN2OS. The molecule has 1 fully saturated rings. The zero-order valence-electron chi connectivity index (χ0n) is 10.0. The van der Waals surface area contributed by atoms with Gasteiger partial charge in [0.25, 0.3) is 5.91 Å². The molecule has 1 aromatic heterocycles. The molecule has 2 rings (SSSR count). The van der Waals surface area contributed by atoms with Crippen LogP contribution in [0, 0.1) is 12.8 Å². The highest BCUT2D eigenvalue weighted by molar-refractivity contribution is 7.12. The number of amides is 1. The Balaban J connectivity index is 0.00000144. The van der Waals surface area contributed by atoms with Gasteiger partial charge in [-0.05, 0) is 49.2 Å². The number of nitrogens with zero attached hydrogens (tertiary/aromatic N) is 1. The lowest BCUT2D eigenvalue weighted by Gasteiger charge is -2.32. The van der Waals surface area contributed by atoms with Gasteiger partial charge in [0.15, 0.2) is 0 Å². The smallest absolute Gasteiger partial charge is 0.264 e. The Hall–Kier alpha value is -0.580. The normalized spacial score (nSPS) is 19.9. The first kappa shape index (κ1) is 14.5. The molecule has 0 saturated carbocycles. The maximum Gasteiger partial charge on any atom is 0.264 e. The molecule has 1 aliphatic heterocycles. The van der Waals surface area contributed by atoms with Crippen molar-refractivity contribution in [3.63, 3.8) is 0 Å². The molecule has 0 bridgehead atoms. The lowest BCUT2D eigenvalue weighted by molar-refractivity contribution is 0.0682. The average molecular weight is 275 g/mol. The standard InChI is InChI=1S/C12H18N2OS.ClH/c1-9-4-6-16-11(9)12(15)14-5-2-3-10(7-13)8-14;/h4,6,10H,2-3,5,7-8,13H2,1H3;1H. The van der Waals surface area contributed by atoms with Gasteiger partial charge in [-0.15, -0.1) is 23.7 Å². The van der Waals surface area contributed by atoms with Gasteiger partial charge in [-0.25, -0.2) is 0 Å². The van der Waals surface area contributed by atoms with Crippen LogP contribution >= 0.6 is 23.7 Å². The first-order chi connectivity index (χ1) is 7.72. The number of rotatable bonds is 2. The predicted molar refractivity (Wildman–Crippen MR) is 74.0 cm³/mol. The summed E-state index contributed by atoms with van der Waals surface area (Å²) in [4.78, 5) is 15.1. The third-order valence-corrected chi connectivity index (χ3v) is 4.20. The number of hydrogen-bond acceptors (Lipinski definition) is 3. The van der Waals surface area contributed by atoms with Gasteiger partial charge < -0.3 is 10.6 Å². The maximum absolute atomic E-state index is 12.2. The van der Waals surface area contributed by atoms with E-state index in [0.29, 0.717) is 12.5 Å². The van der Waals surface area contributed by atoms with E-state index in [4.69, 9.17) is 5.73 Å². The average Bonchev–Trinajstić information content (AvgIpc) is 2.74. The SMILES string of the molecule is Cc1ccsc1C(=O)N1CCCC(CN)C1.Cl. The highest BCUT2D eigenvalue weighted by atomic mass is 35.5. The Labute approximate surface area is 112 Å². The Morgan fingerprint density at radius 1 is 1.65 bits per heavy atom. The lowest BCUT2D eigenvalue weighted by Crippen LogP contribution is -2.41. The number of nitrogens with two attached hydrogens (primary N) is 1. The van der Waals surface area contributed by atoms with Crippen LogP contribution in [0.2, 0.25) is 0 Å². The number of aryl methyl sites for hydroxylation is 1. The van der Waals surface area contributed by atoms with Crippen LogP contribution in [0.25, 0.3) is 0 Å². The summed E-state index contributed by atoms with van der Waals surface area (Å²) in [7, 11) is 0. The minimum atomic E-state index is 0. The summed E-state index contributed by atoms with van der Waals surface area (Å²) in [5, 5.41) is 1.98. The van der Waals surface area contributed by atoms with Gasteiger partial charge in [-0.1, -0.05) is 0 Å². The molecule has 17 heavy (non-hydrogen) atoms. The van der Waals surface area contributed by atoms with E-state index in [0.717, 1.165) is 36.4 Å². The van der Waals surface area contributed by atoms with Gasteiger partial charge in [0.1, 0.15) is 0 Å². The molecule has 5 heteroatoms. The van der Waals surface area contributed by atoms with E-state index in [1.807, 2.05) is 23.3 Å². The molecule has 1 aliphatic rings. The van der Waals surface area contributed by atoms with Crippen molar-refractivity contribution in [2.24, 2.45) is 11.7 Å². The zero-order chi connectivity index (χ0) is 11.5. The van der Waals surface area contributed by atoms with Gasteiger partial charge in [0, 0.05) is 13.1 Å². The molecule has 1 saturated heterocycles. The molecule has 1 aromatic rings. The molecule has 0 aromatic carbocycles. The first-order valence-corrected chi connectivity index (χ1v) is 6.63. The van der Waals surface area contributed by atoms with E-state index < -0.39 is 0 Å². The van der Waals surface area contributed by atoms with Gasteiger partial charge in [0.05, 0.1) is 4.88 Å². The van der Waals surface area contributed by atoms with Gasteiger partial charge >= 0.3 is 0 Å². The monoisotopic (exact) mass is 274 g/mol. The highest BCUT2D eigenvalue weighted by Gasteiger charge is 2.24. The van der Waals surface area contributed by atoms with E-state index in [9.17, 15) is 4.79 Å². The molecule has 2 N–H and O–H groups in total.